The zero-order valence-electron chi connectivity index (χ0n) is 14.5. The highest BCUT2D eigenvalue weighted by Gasteiger charge is 2.31. The average Bonchev–Trinajstić information content (AvgIpc) is 2.69. The van der Waals surface area contributed by atoms with E-state index in [1.54, 1.807) is 0 Å². The molecule has 2 amide bonds. The van der Waals surface area contributed by atoms with Crippen LogP contribution in [-0.4, -0.2) is 24.5 Å². The lowest BCUT2D eigenvalue weighted by Crippen LogP contribution is -2.50. The standard InChI is InChI=1S/C21H22N2O3/c24-19-10-9-18(20(23-19)14-5-2-1-3-6-14)22-21(25)17-8-4-7-15-13-26-12-11-16(15)17/h1-8,18,20H,9-13H2,(H,22,25)(H,23,24)/t18-,20+/m1/s1. The van der Waals surface area contributed by atoms with Gasteiger partial charge in [-0.05, 0) is 35.6 Å². The van der Waals surface area contributed by atoms with Crippen LogP contribution in [0.25, 0.3) is 0 Å². The molecule has 1 fully saturated rings. The van der Waals surface area contributed by atoms with Gasteiger partial charge >= 0.3 is 0 Å². The summed E-state index contributed by atoms with van der Waals surface area (Å²) in [7, 11) is 0. The Hall–Kier alpha value is -2.66. The molecule has 26 heavy (non-hydrogen) atoms. The number of hydrogen-bond acceptors (Lipinski definition) is 3. The highest BCUT2D eigenvalue weighted by atomic mass is 16.5. The van der Waals surface area contributed by atoms with Gasteiger partial charge in [-0.3, -0.25) is 9.59 Å². The summed E-state index contributed by atoms with van der Waals surface area (Å²) in [4.78, 5) is 24.9. The summed E-state index contributed by atoms with van der Waals surface area (Å²) in [6.45, 7) is 1.20. The summed E-state index contributed by atoms with van der Waals surface area (Å²) in [5, 5.41) is 6.19. The molecule has 2 aliphatic heterocycles. The maximum absolute atomic E-state index is 13.0. The molecule has 1 saturated heterocycles. The van der Waals surface area contributed by atoms with Crippen LogP contribution in [-0.2, 0) is 22.6 Å². The van der Waals surface area contributed by atoms with Crippen LogP contribution in [0.3, 0.4) is 0 Å². The van der Waals surface area contributed by atoms with Crippen LogP contribution in [0.1, 0.15) is 45.9 Å². The summed E-state index contributed by atoms with van der Waals surface area (Å²) in [6, 6.07) is 15.3. The first kappa shape index (κ1) is 16.8. The molecular weight excluding hydrogens is 328 g/mol. The van der Waals surface area contributed by atoms with Crippen molar-refractivity contribution in [2.75, 3.05) is 6.61 Å². The second-order valence-electron chi connectivity index (χ2n) is 6.82. The average molecular weight is 350 g/mol. The van der Waals surface area contributed by atoms with Crippen LogP contribution in [0, 0.1) is 0 Å². The van der Waals surface area contributed by atoms with Crippen molar-refractivity contribution in [2.24, 2.45) is 0 Å². The Morgan fingerprint density at radius 1 is 1.08 bits per heavy atom. The third-order valence-corrected chi connectivity index (χ3v) is 5.15. The van der Waals surface area contributed by atoms with Crippen LogP contribution in [0.15, 0.2) is 48.5 Å². The van der Waals surface area contributed by atoms with Crippen LogP contribution in [0.5, 0.6) is 0 Å². The second kappa shape index (κ2) is 7.30. The fraction of sp³-hybridized carbons (Fsp3) is 0.333. The number of piperidine rings is 1. The van der Waals surface area contributed by atoms with Gasteiger partial charge in [0.1, 0.15) is 0 Å². The van der Waals surface area contributed by atoms with E-state index in [4.69, 9.17) is 4.74 Å². The molecule has 2 atom stereocenters. The van der Waals surface area contributed by atoms with E-state index in [0.29, 0.717) is 26.1 Å². The number of amides is 2. The number of carbonyl (C=O) groups is 2. The predicted molar refractivity (Wildman–Crippen MR) is 97.6 cm³/mol. The molecule has 0 unspecified atom stereocenters. The van der Waals surface area contributed by atoms with E-state index in [1.165, 1.54) is 0 Å². The number of carbonyl (C=O) groups excluding carboxylic acids is 2. The SMILES string of the molecule is O=C1CC[C@@H](NC(=O)c2cccc3c2CCOC3)[C@H](c2ccccc2)N1. The topological polar surface area (TPSA) is 67.4 Å². The smallest absolute Gasteiger partial charge is 0.251 e. The van der Waals surface area contributed by atoms with Crippen LogP contribution in [0.2, 0.25) is 0 Å². The van der Waals surface area contributed by atoms with E-state index >= 15 is 0 Å². The van der Waals surface area contributed by atoms with Gasteiger partial charge in [-0.2, -0.15) is 0 Å². The maximum Gasteiger partial charge on any atom is 0.251 e. The fourth-order valence-electron chi connectivity index (χ4n) is 3.81. The van der Waals surface area contributed by atoms with Gasteiger partial charge in [-0.15, -0.1) is 0 Å². The Morgan fingerprint density at radius 3 is 2.77 bits per heavy atom. The zero-order chi connectivity index (χ0) is 17.9. The molecule has 0 spiro atoms. The molecular formula is C21H22N2O3. The van der Waals surface area contributed by atoms with Gasteiger partial charge in [0.05, 0.1) is 25.3 Å². The quantitative estimate of drug-likeness (QED) is 0.894. The lowest BCUT2D eigenvalue weighted by molar-refractivity contribution is -0.123. The molecule has 4 rings (SSSR count). The van der Waals surface area contributed by atoms with Crippen molar-refractivity contribution in [1.29, 1.82) is 0 Å². The number of benzene rings is 2. The third kappa shape index (κ3) is 3.35. The molecule has 2 aliphatic rings. The number of ether oxygens (including phenoxy) is 1. The van der Waals surface area contributed by atoms with E-state index in [2.05, 4.69) is 10.6 Å². The Balaban J connectivity index is 1.57. The van der Waals surface area contributed by atoms with Crippen molar-refractivity contribution < 1.29 is 14.3 Å². The number of rotatable bonds is 3. The zero-order valence-corrected chi connectivity index (χ0v) is 14.5. The van der Waals surface area contributed by atoms with Gasteiger partial charge in [0.2, 0.25) is 5.91 Å². The molecule has 5 nitrogen and oxygen atoms in total. The molecule has 134 valence electrons. The van der Waals surface area contributed by atoms with E-state index in [9.17, 15) is 9.59 Å². The number of fused-ring (bicyclic) bond motifs is 1. The van der Waals surface area contributed by atoms with Gasteiger partial charge in [-0.25, -0.2) is 0 Å². The maximum atomic E-state index is 13.0. The largest absolute Gasteiger partial charge is 0.376 e. The molecule has 0 aliphatic carbocycles. The first-order valence-electron chi connectivity index (χ1n) is 9.06. The van der Waals surface area contributed by atoms with Crippen LogP contribution < -0.4 is 10.6 Å². The van der Waals surface area contributed by atoms with Gasteiger partial charge in [-0.1, -0.05) is 42.5 Å². The van der Waals surface area contributed by atoms with Crippen molar-refractivity contribution in [1.82, 2.24) is 10.6 Å². The molecule has 0 bridgehead atoms. The minimum Gasteiger partial charge on any atom is -0.376 e. The number of nitrogens with one attached hydrogen (secondary N) is 2. The summed E-state index contributed by atoms with van der Waals surface area (Å²) in [5.74, 6) is -0.0515. The van der Waals surface area contributed by atoms with Crippen molar-refractivity contribution in [3.8, 4) is 0 Å². The van der Waals surface area contributed by atoms with Crippen molar-refractivity contribution in [3.63, 3.8) is 0 Å². The van der Waals surface area contributed by atoms with Gasteiger partial charge in [0, 0.05) is 12.0 Å². The Kier molecular flexibility index (Phi) is 4.71. The second-order valence-corrected chi connectivity index (χ2v) is 6.82. The van der Waals surface area contributed by atoms with Gasteiger partial charge in [0.15, 0.2) is 0 Å². The summed E-state index contributed by atoms with van der Waals surface area (Å²) in [5.41, 5.74) is 3.89. The summed E-state index contributed by atoms with van der Waals surface area (Å²) >= 11 is 0. The van der Waals surface area contributed by atoms with Gasteiger partial charge in [0.25, 0.3) is 5.91 Å². The third-order valence-electron chi connectivity index (χ3n) is 5.15. The molecule has 0 aromatic heterocycles. The predicted octanol–water partition coefficient (Wildman–Crippen LogP) is 2.51. The van der Waals surface area contributed by atoms with Crippen molar-refractivity contribution in [3.05, 3.63) is 70.8 Å². The molecule has 2 aromatic carbocycles. The fourth-order valence-corrected chi connectivity index (χ4v) is 3.81. The Labute approximate surface area is 152 Å². The van der Waals surface area contributed by atoms with Crippen LogP contribution in [0.4, 0.5) is 0 Å². The van der Waals surface area contributed by atoms with E-state index in [-0.39, 0.29) is 23.9 Å². The summed E-state index contributed by atoms with van der Waals surface area (Å²) < 4.78 is 5.49. The molecule has 0 radical (unpaired) electrons. The minimum atomic E-state index is -0.204. The molecule has 2 heterocycles. The molecule has 2 N–H and O–H groups in total. The van der Waals surface area contributed by atoms with Crippen molar-refractivity contribution >= 4 is 11.8 Å². The highest BCUT2D eigenvalue weighted by Crippen LogP contribution is 2.26. The van der Waals surface area contributed by atoms with Crippen molar-refractivity contribution in [2.45, 2.75) is 38.0 Å². The van der Waals surface area contributed by atoms with Crippen LogP contribution >= 0.6 is 0 Å². The van der Waals surface area contributed by atoms with E-state index in [0.717, 1.165) is 28.7 Å². The van der Waals surface area contributed by atoms with Gasteiger partial charge < -0.3 is 15.4 Å². The highest BCUT2D eigenvalue weighted by molar-refractivity contribution is 5.96. The van der Waals surface area contributed by atoms with E-state index in [1.807, 2.05) is 48.5 Å². The van der Waals surface area contributed by atoms with E-state index < -0.39 is 0 Å². The normalized spacial score (nSPS) is 22.2. The summed E-state index contributed by atoms with van der Waals surface area (Å²) in [6.07, 6.45) is 1.81. The monoisotopic (exact) mass is 350 g/mol. The first-order valence-corrected chi connectivity index (χ1v) is 9.06. The Morgan fingerprint density at radius 2 is 1.92 bits per heavy atom. The molecule has 5 heteroatoms. The Bertz CT molecular complexity index is 819. The minimum absolute atomic E-state index is 0.0265. The first-order chi connectivity index (χ1) is 12.7. The number of hydrogen-bond donors (Lipinski definition) is 2. The lowest BCUT2D eigenvalue weighted by Gasteiger charge is -2.33. The lowest BCUT2D eigenvalue weighted by atomic mass is 9.91. The molecule has 0 saturated carbocycles. The molecule has 2 aromatic rings.